The maximum atomic E-state index is 12.9. The molecule has 1 aromatic carbocycles. The summed E-state index contributed by atoms with van der Waals surface area (Å²) in [6.07, 6.45) is 3.59. The van der Waals surface area contributed by atoms with Gasteiger partial charge in [0.05, 0.1) is 23.9 Å². The predicted octanol–water partition coefficient (Wildman–Crippen LogP) is 4.58. The molecule has 0 saturated carbocycles. The van der Waals surface area contributed by atoms with E-state index in [1.807, 2.05) is 22.4 Å². The highest BCUT2D eigenvalue weighted by atomic mass is 79.9. The number of fused-ring (bicyclic) bond motifs is 1. The monoisotopic (exact) mass is 459 g/mol. The quantitative estimate of drug-likeness (QED) is 0.619. The van der Waals surface area contributed by atoms with Crippen molar-refractivity contribution in [3.63, 3.8) is 0 Å². The number of rotatable bonds is 4. The highest BCUT2D eigenvalue weighted by molar-refractivity contribution is 9.10. The maximum Gasteiger partial charge on any atom is 0.260 e. The van der Waals surface area contributed by atoms with Crippen LogP contribution in [0.15, 0.2) is 44.8 Å². The number of carbonyl (C=O) groups excluding carboxylic acids is 2. The lowest BCUT2D eigenvalue weighted by Crippen LogP contribution is -2.36. The molecule has 0 saturated heterocycles. The Morgan fingerprint density at radius 3 is 3.00 bits per heavy atom. The minimum Gasteiger partial charge on any atom is -0.469 e. The summed E-state index contributed by atoms with van der Waals surface area (Å²) in [6.45, 7) is 2.44. The van der Waals surface area contributed by atoms with Gasteiger partial charge in [-0.3, -0.25) is 14.9 Å². The molecule has 0 radical (unpaired) electrons. The van der Waals surface area contributed by atoms with E-state index in [1.54, 1.807) is 13.0 Å². The minimum atomic E-state index is -0.269. The number of furan rings is 1. The second-order valence-corrected chi connectivity index (χ2v) is 8.36. The molecule has 0 spiro atoms. The van der Waals surface area contributed by atoms with Gasteiger partial charge in [-0.15, -0.1) is 11.3 Å². The average molecular weight is 460 g/mol. The number of hydrogen-bond donors (Lipinski definition) is 1. The molecule has 1 N–H and O–H groups in total. The summed E-state index contributed by atoms with van der Waals surface area (Å²) in [6, 6.07) is 7.63. The molecule has 1 aliphatic heterocycles. The molecule has 4 rings (SSSR count). The third kappa shape index (κ3) is 3.88. The molecule has 0 bridgehead atoms. The van der Waals surface area contributed by atoms with Crippen LogP contribution in [0.5, 0.6) is 0 Å². The number of carbonyl (C=O) groups is 2. The number of benzene rings is 1. The van der Waals surface area contributed by atoms with E-state index in [-0.39, 0.29) is 18.2 Å². The number of nitrogens with one attached hydrogen (secondary N) is 1. The van der Waals surface area contributed by atoms with Crippen molar-refractivity contribution in [2.45, 2.75) is 26.2 Å². The van der Waals surface area contributed by atoms with Crippen molar-refractivity contribution in [1.29, 1.82) is 0 Å². The lowest BCUT2D eigenvalue weighted by molar-refractivity contribution is -0.118. The number of halogens is 1. The number of anilines is 2. The summed E-state index contributed by atoms with van der Waals surface area (Å²) in [4.78, 5) is 31.3. The molecule has 8 heteroatoms. The number of aromatic nitrogens is 1. The normalized spacial score (nSPS) is 13.3. The summed E-state index contributed by atoms with van der Waals surface area (Å²) in [5.41, 5.74) is 3.27. The SMILES string of the molecule is Cc1occc1C(=O)Nc1nc(CC(=O)N2CCCc3cc(Br)ccc32)cs1. The van der Waals surface area contributed by atoms with Crippen LogP contribution in [-0.4, -0.2) is 23.3 Å². The second-order valence-electron chi connectivity index (χ2n) is 6.59. The zero-order valence-electron chi connectivity index (χ0n) is 15.2. The molecule has 6 nitrogen and oxygen atoms in total. The first-order valence-electron chi connectivity index (χ1n) is 8.90. The summed E-state index contributed by atoms with van der Waals surface area (Å²) in [5.74, 6) is 0.297. The molecule has 0 unspecified atom stereocenters. The second kappa shape index (κ2) is 7.89. The van der Waals surface area contributed by atoms with Crippen LogP contribution in [0.25, 0.3) is 0 Å². The Hall–Kier alpha value is -2.45. The first-order chi connectivity index (χ1) is 13.5. The summed E-state index contributed by atoms with van der Waals surface area (Å²) in [5, 5.41) is 5.04. The maximum absolute atomic E-state index is 12.9. The Morgan fingerprint density at radius 1 is 1.36 bits per heavy atom. The Labute approximate surface area is 174 Å². The van der Waals surface area contributed by atoms with Crippen molar-refractivity contribution >= 4 is 49.9 Å². The Morgan fingerprint density at radius 2 is 2.21 bits per heavy atom. The molecule has 144 valence electrons. The van der Waals surface area contributed by atoms with Crippen LogP contribution in [-0.2, 0) is 17.6 Å². The van der Waals surface area contributed by atoms with Gasteiger partial charge >= 0.3 is 0 Å². The van der Waals surface area contributed by atoms with Crippen molar-refractivity contribution in [3.8, 4) is 0 Å². The van der Waals surface area contributed by atoms with Crippen LogP contribution in [0.4, 0.5) is 10.8 Å². The highest BCUT2D eigenvalue weighted by Crippen LogP contribution is 2.30. The lowest BCUT2D eigenvalue weighted by Gasteiger charge is -2.29. The highest BCUT2D eigenvalue weighted by Gasteiger charge is 2.23. The van der Waals surface area contributed by atoms with E-state index < -0.39 is 0 Å². The third-order valence-corrected chi connectivity index (χ3v) is 5.97. The molecule has 0 aliphatic carbocycles. The fourth-order valence-corrected chi connectivity index (χ4v) is 4.42. The Kier molecular flexibility index (Phi) is 5.32. The van der Waals surface area contributed by atoms with E-state index in [9.17, 15) is 9.59 Å². The topological polar surface area (TPSA) is 75.4 Å². The molecular weight excluding hydrogens is 442 g/mol. The van der Waals surface area contributed by atoms with Crippen molar-refractivity contribution < 1.29 is 14.0 Å². The third-order valence-electron chi connectivity index (χ3n) is 4.67. The van der Waals surface area contributed by atoms with Gasteiger partial charge in [-0.25, -0.2) is 4.98 Å². The van der Waals surface area contributed by atoms with Gasteiger partial charge in [0.25, 0.3) is 5.91 Å². The fourth-order valence-electron chi connectivity index (χ4n) is 3.31. The molecule has 0 fully saturated rings. The van der Waals surface area contributed by atoms with Gasteiger partial charge in [-0.1, -0.05) is 15.9 Å². The number of aryl methyl sites for hydroxylation is 2. The van der Waals surface area contributed by atoms with Crippen molar-refractivity contribution in [2.24, 2.45) is 0 Å². The largest absolute Gasteiger partial charge is 0.469 e. The van der Waals surface area contributed by atoms with Gasteiger partial charge in [-0.2, -0.15) is 0 Å². The zero-order chi connectivity index (χ0) is 19.7. The first kappa shape index (κ1) is 18.9. The number of thiazole rings is 1. The van der Waals surface area contributed by atoms with Gasteiger partial charge in [-0.05, 0) is 49.6 Å². The van der Waals surface area contributed by atoms with Gasteiger partial charge < -0.3 is 9.32 Å². The van der Waals surface area contributed by atoms with Gasteiger partial charge in [0, 0.05) is 22.1 Å². The molecule has 1 aliphatic rings. The lowest BCUT2D eigenvalue weighted by atomic mass is 10.0. The molecule has 28 heavy (non-hydrogen) atoms. The van der Waals surface area contributed by atoms with E-state index >= 15 is 0 Å². The first-order valence-corrected chi connectivity index (χ1v) is 10.6. The van der Waals surface area contributed by atoms with Crippen LogP contribution in [0, 0.1) is 6.92 Å². The standard InChI is InChI=1S/C20H18BrN3O3S/c1-12-16(6-8-27-12)19(26)23-20-22-15(11-28-20)10-18(25)24-7-2-3-13-9-14(21)4-5-17(13)24/h4-6,8-9,11H,2-3,7,10H2,1H3,(H,22,23,26). The van der Waals surface area contributed by atoms with Crippen molar-refractivity contribution in [2.75, 3.05) is 16.8 Å². The summed E-state index contributed by atoms with van der Waals surface area (Å²) < 4.78 is 6.18. The molecule has 3 heterocycles. The van der Waals surface area contributed by atoms with Crippen LogP contribution in [0.1, 0.15) is 33.8 Å². The minimum absolute atomic E-state index is 0.0112. The van der Waals surface area contributed by atoms with Crippen molar-refractivity contribution in [1.82, 2.24) is 4.98 Å². The number of nitrogens with zero attached hydrogens (tertiary/aromatic N) is 2. The zero-order valence-corrected chi connectivity index (χ0v) is 17.6. The molecule has 3 aromatic rings. The van der Waals surface area contributed by atoms with E-state index in [0.29, 0.717) is 28.7 Å². The summed E-state index contributed by atoms with van der Waals surface area (Å²) >= 11 is 4.80. The van der Waals surface area contributed by atoms with E-state index in [0.717, 1.165) is 23.0 Å². The predicted molar refractivity (Wildman–Crippen MR) is 112 cm³/mol. The molecular formula is C20H18BrN3O3S. The van der Waals surface area contributed by atoms with Crippen LogP contribution in [0.2, 0.25) is 0 Å². The fraction of sp³-hybridized carbons (Fsp3) is 0.250. The van der Waals surface area contributed by atoms with Gasteiger partial charge in [0.2, 0.25) is 5.91 Å². The smallest absolute Gasteiger partial charge is 0.260 e. The van der Waals surface area contributed by atoms with Crippen LogP contribution < -0.4 is 10.2 Å². The van der Waals surface area contributed by atoms with E-state index in [2.05, 4.69) is 32.3 Å². The Balaban J connectivity index is 1.44. The molecule has 0 atom stereocenters. The van der Waals surface area contributed by atoms with E-state index in [4.69, 9.17) is 4.42 Å². The van der Waals surface area contributed by atoms with E-state index in [1.165, 1.54) is 23.2 Å². The average Bonchev–Trinajstić information content (AvgIpc) is 3.29. The van der Waals surface area contributed by atoms with Crippen molar-refractivity contribution in [3.05, 3.63) is 63.0 Å². The summed E-state index contributed by atoms with van der Waals surface area (Å²) in [7, 11) is 0. The number of hydrogen-bond acceptors (Lipinski definition) is 5. The van der Waals surface area contributed by atoms with Gasteiger partial charge in [0.1, 0.15) is 5.76 Å². The molecule has 2 aromatic heterocycles. The van der Waals surface area contributed by atoms with Crippen LogP contribution in [0.3, 0.4) is 0 Å². The Bertz CT molecular complexity index is 1040. The van der Waals surface area contributed by atoms with Gasteiger partial charge in [0.15, 0.2) is 5.13 Å². The number of amides is 2. The molecule has 2 amide bonds. The van der Waals surface area contributed by atoms with Crippen LogP contribution >= 0.6 is 27.3 Å².